The molecule has 0 fully saturated rings. The Hall–Kier alpha value is -2.25. The summed E-state index contributed by atoms with van der Waals surface area (Å²) < 4.78 is 0. The number of hydrogen-bond donors (Lipinski definition) is 1. The molecule has 3 heterocycles. The summed E-state index contributed by atoms with van der Waals surface area (Å²) in [5, 5.41) is 2.77. The molecule has 0 spiro atoms. The number of carbonyl (C=O) groups excluding carboxylic acids is 1. The molecule has 28 heavy (non-hydrogen) atoms. The number of nitrogens with one attached hydrogen (secondary N) is 1. The molecule has 0 saturated carbocycles. The van der Waals surface area contributed by atoms with E-state index in [4.69, 9.17) is 0 Å². The topological polar surface area (TPSA) is 66.1 Å². The molecule has 0 atom stereocenters. The number of nitrogens with zero attached hydrogens (tertiary/aromatic N) is 2. The third-order valence-corrected chi connectivity index (χ3v) is 7.13. The van der Waals surface area contributed by atoms with Crippen LogP contribution in [-0.4, -0.2) is 27.3 Å². The van der Waals surface area contributed by atoms with Gasteiger partial charge >= 0.3 is 0 Å². The minimum Gasteiger partial charge on any atom is -0.334 e. The van der Waals surface area contributed by atoms with E-state index in [0.29, 0.717) is 31.8 Å². The minimum atomic E-state index is -0.0617. The van der Waals surface area contributed by atoms with Crippen LogP contribution >= 0.6 is 22.7 Å². The first-order valence-electron chi connectivity index (χ1n) is 9.60. The molecular formula is C21H23N3O2S2. The van der Waals surface area contributed by atoms with E-state index in [9.17, 15) is 9.59 Å². The third kappa shape index (κ3) is 3.95. The summed E-state index contributed by atoms with van der Waals surface area (Å²) in [6.07, 6.45) is 6.83. The molecule has 0 unspecified atom stereocenters. The Balaban J connectivity index is 1.49. The van der Waals surface area contributed by atoms with E-state index in [0.717, 1.165) is 34.4 Å². The van der Waals surface area contributed by atoms with Gasteiger partial charge in [-0.15, -0.1) is 29.3 Å². The van der Waals surface area contributed by atoms with Gasteiger partial charge < -0.3 is 9.88 Å². The number of aryl methyl sites for hydroxylation is 3. The summed E-state index contributed by atoms with van der Waals surface area (Å²) in [5.74, 6) is 0.639. The lowest BCUT2D eigenvalue weighted by Gasteiger charge is -2.20. The van der Waals surface area contributed by atoms with Gasteiger partial charge in [-0.25, -0.2) is 4.98 Å². The molecule has 3 aromatic rings. The molecule has 1 aliphatic rings. The zero-order valence-electron chi connectivity index (χ0n) is 15.7. The van der Waals surface area contributed by atoms with Crippen LogP contribution in [0.25, 0.3) is 10.2 Å². The molecule has 5 nitrogen and oxygen atoms in total. The SMILES string of the molecule is C=CCN(Cc1cccs1)C(=O)CCc1nc2sc3c(c2c(=O)[nH]1)CCCC3. The quantitative estimate of drug-likeness (QED) is 0.594. The van der Waals surface area contributed by atoms with Crippen molar-refractivity contribution in [3.05, 3.63) is 61.7 Å². The first-order valence-corrected chi connectivity index (χ1v) is 11.3. The molecule has 1 N–H and O–H groups in total. The molecule has 0 aliphatic heterocycles. The normalized spacial score (nSPS) is 13.4. The maximum atomic E-state index is 12.7. The summed E-state index contributed by atoms with van der Waals surface area (Å²) in [7, 11) is 0. The lowest BCUT2D eigenvalue weighted by molar-refractivity contribution is -0.131. The molecule has 3 aromatic heterocycles. The lowest BCUT2D eigenvalue weighted by atomic mass is 9.97. The number of carbonyl (C=O) groups is 1. The highest BCUT2D eigenvalue weighted by molar-refractivity contribution is 7.18. The van der Waals surface area contributed by atoms with Gasteiger partial charge in [0, 0.05) is 29.1 Å². The van der Waals surface area contributed by atoms with Gasteiger partial charge in [0.25, 0.3) is 5.56 Å². The van der Waals surface area contributed by atoms with Crippen LogP contribution in [0.5, 0.6) is 0 Å². The lowest BCUT2D eigenvalue weighted by Crippen LogP contribution is -2.30. The molecule has 1 aliphatic carbocycles. The van der Waals surface area contributed by atoms with Crippen molar-refractivity contribution >= 4 is 38.8 Å². The van der Waals surface area contributed by atoms with Crippen molar-refractivity contribution in [2.45, 2.75) is 45.1 Å². The smallest absolute Gasteiger partial charge is 0.259 e. The zero-order chi connectivity index (χ0) is 19.5. The highest BCUT2D eigenvalue weighted by atomic mass is 32.1. The Bertz CT molecular complexity index is 1050. The van der Waals surface area contributed by atoms with Gasteiger partial charge in [0.15, 0.2) is 0 Å². The molecule has 4 rings (SSSR count). The number of fused-ring (bicyclic) bond motifs is 3. The van der Waals surface area contributed by atoms with E-state index in [1.54, 1.807) is 33.6 Å². The predicted molar refractivity (Wildman–Crippen MR) is 115 cm³/mol. The highest BCUT2D eigenvalue weighted by Crippen LogP contribution is 2.33. The molecule has 0 saturated heterocycles. The zero-order valence-corrected chi connectivity index (χ0v) is 17.3. The molecule has 0 aromatic carbocycles. The number of hydrogen-bond acceptors (Lipinski definition) is 5. The Labute approximate surface area is 171 Å². The van der Waals surface area contributed by atoms with Crippen LogP contribution in [-0.2, 0) is 30.6 Å². The first kappa shape index (κ1) is 19.1. The summed E-state index contributed by atoms with van der Waals surface area (Å²) in [4.78, 5) is 38.0. The second kappa shape index (κ2) is 8.41. The van der Waals surface area contributed by atoms with Crippen molar-refractivity contribution in [1.82, 2.24) is 14.9 Å². The van der Waals surface area contributed by atoms with Crippen molar-refractivity contribution in [1.29, 1.82) is 0 Å². The summed E-state index contributed by atoms with van der Waals surface area (Å²) >= 11 is 3.28. The van der Waals surface area contributed by atoms with Crippen LogP contribution in [0.15, 0.2) is 35.0 Å². The largest absolute Gasteiger partial charge is 0.334 e. The van der Waals surface area contributed by atoms with Crippen LogP contribution in [0.3, 0.4) is 0 Å². The Kier molecular flexibility index (Phi) is 5.73. The van der Waals surface area contributed by atoms with Crippen LogP contribution in [0, 0.1) is 0 Å². The fraction of sp³-hybridized carbons (Fsp3) is 0.381. The van der Waals surface area contributed by atoms with Crippen molar-refractivity contribution in [3.63, 3.8) is 0 Å². The predicted octanol–water partition coefficient (Wildman–Crippen LogP) is 4.07. The van der Waals surface area contributed by atoms with Crippen molar-refractivity contribution in [2.75, 3.05) is 6.54 Å². The molecule has 7 heteroatoms. The monoisotopic (exact) mass is 413 g/mol. The first-order chi connectivity index (χ1) is 13.7. The number of rotatable bonds is 7. The maximum Gasteiger partial charge on any atom is 0.259 e. The van der Waals surface area contributed by atoms with Crippen molar-refractivity contribution in [2.24, 2.45) is 0 Å². The van der Waals surface area contributed by atoms with Crippen LogP contribution in [0.4, 0.5) is 0 Å². The molecule has 1 amide bonds. The van der Waals surface area contributed by atoms with Gasteiger partial charge in [0.2, 0.25) is 5.91 Å². The molecule has 0 bridgehead atoms. The van der Waals surface area contributed by atoms with Gasteiger partial charge in [0.1, 0.15) is 10.7 Å². The Morgan fingerprint density at radius 3 is 3.00 bits per heavy atom. The van der Waals surface area contributed by atoms with E-state index >= 15 is 0 Å². The van der Waals surface area contributed by atoms with Crippen LogP contribution in [0.2, 0.25) is 0 Å². The summed E-state index contributed by atoms with van der Waals surface area (Å²) in [6.45, 7) is 4.86. The number of aromatic nitrogens is 2. The van der Waals surface area contributed by atoms with E-state index in [-0.39, 0.29) is 11.5 Å². The van der Waals surface area contributed by atoms with Gasteiger partial charge in [0.05, 0.1) is 11.9 Å². The fourth-order valence-electron chi connectivity index (χ4n) is 3.71. The Morgan fingerprint density at radius 1 is 1.36 bits per heavy atom. The average molecular weight is 414 g/mol. The summed E-state index contributed by atoms with van der Waals surface area (Å²) in [5.41, 5.74) is 1.13. The van der Waals surface area contributed by atoms with Gasteiger partial charge in [-0.05, 0) is 42.7 Å². The van der Waals surface area contributed by atoms with Crippen molar-refractivity contribution < 1.29 is 4.79 Å². The number of H-pyrrole nitrogens is 1. The fourth-order valence-corrected chi connectivity index (χ4v) is 5.71. The number of amides is 1. The summed E-state index contributed by atoms with van der Waals surface area (Å²) in [6, 6.07) is 4.01. The second-order valence-electron chi connectivity index (χ2n) is 7.05. The van der Waals surface area contributed by atoms with E-state index < -0.39 is 0 Å². The van der Waals surface area contributed by atoms with Crippen LogP contribution in [0.1, 0.15) is 40.4 Å². The average Bonchev–Trinajstić information content (AvgIpc) is 3.33. The minimum absolute atomic E-state index is 0.0431. The standard InChI is InChI=1S/C21H23N3O2S2/c1-2-11-24(13-14-6-5-12-27-14)18(25)10-9-17-22-20(26)19-15-7-3-4-8-16(15)28-21(19)23-17/h2,5-6,12H,1,3-4,7-11,13H2,(H,22,23,26). The second-order valence-corrected chi connectivity index (χ2v) is 9.16. The van der Waals surface area contributed by atoms with Gasteiger partial charge in [-0.1, -0.05) is 12.1 Å². The molecular weight excluding hydrogens is 390 g/mol. The highest BCUT2D eigenvalue weighted by Gasteiger charge is 2.20. The van der Waals surface area contributed by atoms with E-state index in [1.165, 1.54) is 16.9 Å². The van der Waals surface area contributed by atoms with Gasteiger partial charge in [-0.3, -0.25) is 9.59 Å². The van der Waals surface area contributed by atoms with E-state index in [1.807, 2.05) is 17.5 Å². The number of thiophene rings is 2. The molecule has 0 radical (unpaired) electrons. The third-order valence-electron chi connectivity index (χ3n) is 5.08. The number of aromatic amines is 1. The van der Waals surface area contributed by atoms with Crippen molar-refractivity contribution in [3.8, 4) is 0 Å². The van der Waals surface area contributed by atoms with E-state index in [2.05, 4.69) is 16.5 Å². The molecule has 146 valence electrons. The maximum absolute atomic E-state index is 12.7. The van der Waals surface area contributed by atoms with Gasteiger partial charge in [-0.2, -0.15) is 0 Å². The Morgan fingerprint density at radius 2 is 2.21 bits per heavy atom. The van der Waals surface area contributed by atoms with Crippen LogP contribution < -0.4 is 5.56 Å².